The Labute approximate surface area is 92.5 Å². The highest BCUT2D eigenvalue weighted by Crippen LogP contribution is 2.29. The Morgan fingerprint density at radius 2 is 2.13 bits per heavy atom. The zero-order valence-corrected chi connectivity index (χ0v) is 9.45. The molecule has 0 fully saturated rings. The van der Waals surface area contributed by atoms with Crippen molar-refractivity contribution in [3.8, 4) is 0 Å². The highest BCUT2D eigenvalue weighted by Gasteiger charge is 2.16. The summed E-state index contributed by atoms with van der Waals surface area (Å²) in [5.41, 5.74) is 1.52. The molecule has 0 aliphatic carbocycles. The van der Waals surface area contributed by atoms with Gasteiger partial charge in [-0.25, -0.2) is 0 Å². The van der Waals surface area contributed by atoms with E-state index in [0.717, 1.165) is 10.4 Å². The van der Waals surface area contributed by atoms with Gasteiger partial charge in [0.15, 0.2) is 0 Å². The van der Waals surface area contributed by atoms with Gasteiger partial charge in [-0.2, -0.15) is 0 Å². The van der Waals surface area contributed by atoms with Gasteiger partial charge in [-0.15, -0.1) is 11.3 Å². The van der Waals surface area contributed by atoms with Crippen molar-refractivity contribution in [2.45, 2.75) is 20.0 Å². The molecule has 0 radical (unpaired) electrons. The zero-order chi connectivity index (χ0) is 10.8. The van der Waals surface area contributed by atoms with Gasteiger partial charge in [-0.3, -0.25) is 9.97 Å². The van der Waals surface area contributed by atoms with Gasteiger partial charge in [-0.05, 0) is 19.9 Å². The number of hydrogen-bond acceptors (Lipinski definition) is 4. The van der Waals surface area contributed by atoms with E-state index < -0.39 is 6.10 Å². The summed E-state index contributed by atoms with van der Waals surface area (Å²) in [6, 6.07) is 2.00. The van der Waals surface area contributed by atoms with E-state index >= 15 is 0 Å². The van der Waals surface area contributed by atoms with Crippen molar-refractivity contribution in [2.24, 2.45) is 0 Å². The standard InChI is InChI=1S/C11H12N2OS/c1-7-5-9(8(2)15-7)11(14)10-6-12-3-4-13-10/h3-6,11,14H,1-2H3. The predicted octanol–water partition coefficient (Wildman–Crippen LogP) is 2.24. The molecule has 0 aromatic carbocycles. The van der Waals surface area contributed by atoms with Crippen LogP contribution in [0.1, 0.15) is 27.1 Å². The van der Waals surface area contributed by atoms with E-state index in [1.54, 1.807) is 29.9 Å². The van der Waals surface area contributed by atoms with Crippen LogP contribution in [0.3, 0.4) is 0 Å². The second-order valence-corrected chi connectivity index (χ2v) is 4.86. The molecular formula is C11H12N2OS. The van der Waals surface area contributed by atoms with Crippen molar-refractivity contribution in [2.75, 3.05) is 0 Å². The number of hydrogen-bond donors (Lipinski definition) is 1. The minimum Gasteiger partial charge on any atom is -0.382 e. The van der Waals surface area contributed by atoms with Crippen LogP contribution in [0.15, 0.2) is 24.7 Å². The van der Waals surface area contributed by atoms with Gasteiger partial charge < -0.3 is 5.11 Å². The molecular weight excluding hydrogens is 208 g/mol. The summed E-state index contributed by atoms with van der Waals surface area (Å²) >= 11 is 1.68. The molecule has 0 saturated heterocycles. The van der Waals surface area contributed by atoms with Crippen LogP contribution in [0.5, 0.6) is 0 Å². The number of aromatic nitrogens is 2. The van der Waals surface area contributed by atoms with Crippen LogP contribution in [-0.2, 0) is 0 Å². The summed E-state index contributed by atoms with van der Waals surface area (Å²) in [6.45, 7) is 4.04. The molecule has 3 nitrogen and oxygen atoms in total. The molecule has 4 heteroatoms. The third-order valence-corrected chi connectivity index (χ3v) is 3.22. The molecule has 78 valence electrons. The Balaban J connectivity index is 2.36. The fraction of sp³-hybridized carbons (Fsp3) is 0.273. The summed E-state index contributed by atoms with van der Waals surface area (Å²) < 4.78 is 0. The number of aliphatic hydroxyl groups is 1. The summed E-state index contributed by atoms with van der Waals surface area (Å²) in [6.07, 6.45) is 4.12. The lowest BCUT2D eigenvalue weighted by Gasteiger charge is -2.08. The Kier molecular flexibility index (Phi) is 2.79. The van der Waals surface area contributed by atoms with Gasteiger partial charge in [0.25, 0.3) is 0 Å². The fourth-order valence-corrected chi connectivity index (χ4v) is 2.49. The largest absolute Gasteiger partial charge is 0.382 e. The molecule has 2 heterocycles. The summed E-state index contributed by atoms with van der Waals surface area (Å²) in [5.74, 6) is 0. The average Bonchev–Trinajstić information content (AvgIpc) is 2.58. The van der Waals surface area contributed by atoms with Crippen molar-refractivity contribution in [3.63, 3.8) is 0 Å². The number of rotatable bonds is 2. The zero-order valence-electron chi connectivity index (χ0n) is 8.64. The second kappa shape index (κ2) is 4.08. The predicted molar refractivity (Wildman–Crippen MR) is 59.9 cm³/mol. The highest BCUT2D eigenvalue weighted by atomic mass is 32.1. The number of aliphatic hydroxyl groups excluding tert-OH is 1. The maximum absolute atomic E-state index is 10.1. The number of thiophene rings is 1. The maximum Gasteiger partial charge on any atom is 0.124 e. The van der Waals surface area contributed by atoms with Gasteiger partial charge in [0.1, 0.15) is 6.10 Å². The fourth-order valence-electron chi connectivity index (χ4n) is 1.53. The molecule has 0 spiro atoms. The molecule has 0 amide bonds. The Morgan fingerprint density at radius 3 is 2.67 bits per heavy atom. The topological polar surface area (TPSA) is 46.0 Å². The average molecular weight is 220 g/mol. The van der Waals surface area contributed by atoms with Gasteiger partial charge in [0.05, 0.1) is 11.9 Å². The molecule has 15 heavy (non-hydrogen) atoms. The van der Waals surface area contributed by atoms with E-state index in [1.807, 2.05) is 19.9 Å². The van der Waals surface area contributed by atoms with Crippen molar-refractivity contribution in [1.82, 2.24) is 9.97 Å². The molecule has 2 aromatic rings. The summed E-state index contributed by atoms with van der Waals surface area (Å²) in [7, 11) is 0. The van der Waals surface area contributed by atoms with Crippen molar-refractivity contribution >= 4 is 11.3 Å². The molecule has 1 atom stereocenters. The van der Waals surface area contributed by atoms with Crippen LogP contribution in [0.2, 0.25) is 0 Å². The van der Waals surface area contributed by atoms with Crippen molar-refractivity contribution in [3.05, 3.63) is 45.7 Å². The summed E-state index contributed by atoms with van der Waals surface area (Å²) in [5, 5.41) is 10.1. The Hall–Kier alpha value is -1.26. The van der Waals surface area contributed by atoms with Gasteiger partial charge in [-0.1, -0.05) is 0 Å². The quantitative estimate of drug-likeness (QED) is 0.844. The third-order valence-electron chi connectivity index (χ3n) is 2.24. The van der Waals surface area contributed by atoms with Crippen LogP contribution < -0.4 is 0 Å². The molecule has 0 aliphatic rings. The summed E-state index contributed by atoms with van der Waals surface area (Å²) in [4.78, 5) is 10.4. The molecule has 1 N–H and O–H groups in total. The van der Waals surface area contributed by atoms with E-state index in [4.69, 9.17) is 0 Å². The minimum absolute atomic E-state index is 0.596. The molecule has 2 aromatic heterocycles. The SMILES string of the molecule is Cc1cc(C(O)c2cnccn2)c(C)s1. The first-order valence-corrected chi connectivity index (χ1v) is 5.51. The monoisotopic (exact) mass is 220 g/mol. The smallest absolute Gasteiger partial charge is 0.124 e. The van der Waals surface area contributed by atoms with E-state index in [-0.39, 0.29) is 0 Å². The van der Waals surface area contributed by atoms with Crippen LogP contribution >= 0.6 is 11.3 Å². The Morgan fingerprint density at radius 1 is 1.33 bits per heavy atom. The lowest BCUT2D eigenvalue weighted by Crippen LogP contribution is -2.02. The first kappa shape index (κ1) is 10.3. The van der Waals surface area contributed by atoms with Crippen molar-refractivity contribution in [1.29, 1.82) is 0 Å². The van der Waals surface area contributed by atoms with Crippen molar-refractivity contribution < 1.29 is 5.11 Å². The second-order valence-electron chi connectivity index (χ2n) is 3.40. The first-order chi connectivity index (χ1) is 7.18. The molecule has 2 rings (SSSR count). The molecule has 1 unspecified atom stereocenters. The Bertz CT molecular complexity index is 453. The lowest BCUT2D eigenvalue weighted by molar-refractivity contribution is 0.214. The lowest BCUT2D eigenvalue weighted by atomic mass is 10.1. The van der Waals surface area contributed by atoms with Gasteiger partial charge >= 0.3 is 0 Å². The first-order valence-electron chi connectivity index (χ1n) is 4.69. The van der Waals surface area contributed by atoms with Crippen LogP contribution in [-0.4, -0.2) is 15.1 Å². The van der Waals surface area contributed by atoms with E-state index in [2.05, 4.69) is 9.97 Å². The number of aryl methyl sites for hydroxylation is 2. The highest BCUT2D eigenvalue weighted by molar-refractivity contribution is 7.12. The van der Waals surface area contributed by atoms with E-state index in [1.165, 1.54) is 4.88 Å². The molecule has 0 bridgehead atoms. The van der Waals surface area contributed by atoms with E-state index in [9.17, 15) is 5.11 Å². The molecule has 0 saturated carbocycles. The maximum atomic E-state index is 10.1. The van der Waals surface area contributed by atoms with Crippen LogP contribution in [0, 0.1) is 13.8 Å². The van der Waals surface area contributed by atoms with Crippen LogP contribution in [0.25, 0.3) is 0 Å². The van der Waals surface area contributed by atoms with Gasteiger partial charge in [0, 0.05) is 27.7 Å². The van der Waals surface area contributed by atoms with Crippen LogP contribution in [0.4, 0.5) is 0 Å². The minimum atomic E-state index is -0.663. The number of nitrogens with zero attached hydrogens (tertiary/aromatic N) is 2. The molecule has 0 aliphatic heterocycles. The van der Waals surface area contributed by atoms with E-state index in [0.29, 0.717) is 5.69 Å². The van der Waals surface area contributed by atoms with Gasteiger partial charge in [0.2, 0.25) is 0 Å². The third kappa shape index (κ3) is 2.06. The normalized spacial score (nSPS) is 12.7.